The van der Waals surface area contributed by atoms with Crippen molar-refractivity contribution < 1.29 is 18.6 Å². The third-order valence-electron chi connectivity index (χ3n) is 2.81. The van der Waals surface area contributed by atoms with Crippen LogP contribution >= 0.6 is 0 Å². The number of hydrogen-bond acceptors (Lipinski definition) is 4. The molecule has 84 valence electrons. The molecule has 1 aliphatic rings. The highest BCUT2D eigenvalue weighted by Gasteiger charge is 2.39. The Balaban J connectivity index is 2.48. The van der Waals surface area contributed by atoms with Crippen LogP contribution in [0.3, 0.4) is 0 Å². The van der Waals surface area contributed by atoms with E-state index in [-0.39, 0.29) is 11.8 Å². The van der Waals surface area contributed by atoms with Gasteiger partial charge in [0.15, 0.2) is 6.29 Å². The van der Waals surface area contributed by atoms with Gasteiger partial charge >= 0.3 is 0 Å². The van der Waals surface area contributed by atoms with Crippen molar-refractivity contribution in [3.05, 3.63) is 0 Å². The lowest BCUT2D eigenvalue weighted by Crippen LogP contribution is -2.54. The molecule has 6 heteroatoms. The number of hydrogen-bond donors (Lipinski definition) is 2. The molecule has 1 fully saturated rings. The smallest absolute Gasteiger partial charge is 0.211 e. The predicted molar refractivity (Wildman–Crippen MR) is 51.9 cm³/mol. The molecule has 5 nitrogen and oxygen atoms in total. The number of sulfonamides is 1. The van der Waals surface area contributed by atoms with Crippen molar-refractivity contribution >= 4 is 10.0 Å². The van der Waals surface area contributed by atoms with Gasteiger partial charge in [0.05, 0.1) is 6.26 Å². The largest absolute Gasteiger partial charge is 0.368 e. The van der Waals surface area contributed by atoms with Gasteiger partial charge in [-0.05, 0) is 12.3 Å². The Morgan fingerprint density at radius 3 is 2.21 bits per heavy atom. The second-order valence-corrected chi connectivity index (χ2v) is 5.81. The molecule has 0 aromatic carbocycles. The molecule has 0 spiro atoms. The van der Waals surface area contributed by atoms with Gasteiger partial charge in [0.2, 0.25) is 10.0 Å². The lowest BCUT2D eigenvalue weighted by molar-refractivity contribution is -0.115. The first-order chi connectivity index (χ1) is 6.36. The highest BCUT2D eigenvalue weighted by Crippen LogP contribution is 2.29. The lowest BCUT2D eigenvalue weighted by atomic mass is 9.85. The number of aliphatic hydroxyl groups excluding tert-OH is 1. The van der Waals surface area contributed by atoms with E-state index in [1.54, 1.807) is 0 Å². The number of rotatable bonds is 4. The maximum atomic E-state index is 11.0. The van der Waals surface area contributed by atoms with E-state index in [9.17, 15) is 8.42 Å². The third kappa shape index (κ3) is 2.44. The van der Waals surface area contributed by atoms with Crippen LogP contribution in [0.15, 0.2) is 0 Å². The van der Waals surface area contributed by atoms with Crippen LogP contribution in [0.2, 0.25) is 0 Å². The molecule has 1 saturated heterocycles. The maximum absolute atomic E-state index is 11.0. The van der Waals surface area contributed by atoms with E-state index in [2.05, 4.69) is 0 Å². The molecule has 1 atom stereocenters. The topological polar surface area (TPSA) is 77.8 Å². The van der Waals surface area contributed by atoms with Crippen LogP contribution in [0.1, 0.15) is 13.3 Å². The molecule has 0 bridgehead atoms. The molecule has 14 heavy (non-hydrogen) atoms. The Morgan fingerprint density at radius 1 is 1.43 bits per heavy atom. The zero-order valence-electron chi connectivity index (χ0n) is 8.42. The van der Waals surface area contributed by atoms with Gasteiger partial charge in [-0.25, -0.2) is 12.7 Å². The van der Waals surface area contributed by atoms with Crippen molar-refractivity contribution in [2.45, 2.75) is 19.6 Å². The minimum atomic E-state index is -3.10. The van der Waals surface area contributed by atoms with E-state index >= 15 is 0 Å². The molecule has 0 aromatic heterocycles. The first-order valence-corrected chi connectivity index (χ1v) is 6.52. The van der Waals surface area contributed by atoms with E-state index in [1.165, 1.54) is 10.6 Å². The first-order valence-electron chi connectivity index (χ1n) is 4.67. The normalized spacial score (nSPS) is 22.4. The molecule has 1 aliphatic heterocycles. The van der Waals surface area contributed by atoms with Gasteiger partial charge in [0.25, 0.3) is 0 Å². The summed E-state index contributed by atoms with van der Waals surface area (Å²) < 4.78 is 23.4. The molecule has 1 heterocycles. The Bertz CT molecular complexity index is 282. The number of aliphatic hydroxyl groups is 2. The van der Waals surface area contributed by atoms with E-state index in [0.717, 1.165) is 0 Å². The SMILES string of the molecule is CCC(C(O)O)C1CN(S(C)(=O)=O)C1. The summed E-state index contributed by atoms with van der Waals surface area (Å²) in [5.41, 5.74) is 0. The van der Waals surface area contributed by atoms with Gasteiger partial charge < -0.3 is 10.2 Å². The van der Waals surface area contributed by atoms with Crippen molar-refractivity contribution in [2.24, 2.45) is 11.8 Å². The Kier molecular flexibility index (Phi) is 3.52. The zero-order chi connectivity index (χ0) is 10.9. The fourth-order valence-electron chi connectivity index (χ4n) is 1.80. The second kappa shape index (κ2) is 4.14. The van der Waals surface area contributed by atoms with E-state index < -0.39 is 16.3 Å². The molecule has 1 rings (SSSR count). The van der Waals surface area contributed by atoms with Crippen LogP contribution in [-0.2, 0) is 10.0 Å². The van der Waals surface area contributed by atoms with Gasteiger partial charge in [-0.15, -0.1) is 0 Å². The van der Waals surface area contributed by atoms with Gasteiger partial charge in [-0.3, -0.25) is 0 Å². The quantitative estimate of drug-likeness (QED) is 0.613. The Hall–Kier alpha value is -0.170. The zero-order valence-corrected chi connectivity index (χ0v) is 9.24. The highest BCUT2D eigenvalue weighted by atomic mass is 32.2. The van der Waals surface area contributed by atoms with Gasteiger partial charge in [-0.1, -0.05) is 6.92 Å². The summed E-state index contributed by atoms with van der Waals surface area (Å²) >= 11 is 0. The van der Waals surface area contributed by atoms with Crippen molar-refractivity contribution in [1.82, 2.24) is 4.31 Å². The summed E-state index contributed by atoms with van der Waals surface area (Å²) in [7, 11) is -3.10. The predicted octanol–water partition coefficient (Wildman–Crippen LogP) is -0.785. The summed E-state index contributed by atoms with van der Waals surface area (Å²) in [4.78, 5) is 0. The summed E-state index contributed by atoms with van der Waals surface area (Å²) in [6, 6.07) is 0. The molecule has 0 aromatic rings. The fourth-order valence-corrected chi connectivity index (χ4v) is 2.72. The van der Waals surface area contributed by atoms with Crippen molar-refractivity contribution in [3.8, 4) is 0 Å². The molecule has 1 unspecified atom stereocenters. The Labute approximate surface area is 84.4 Å². The van der Waals surface area contributed by atoms with Crippen LogP contribution in [0.25, 0.3) is 0 Å². The first kappa shape index (κ1) is 11.9. The fraction of sp³-hybridized carbons (Fsp3) is 1.00. The molecule has 0 aliphatic carbocycles. The van der Waals surface area contributed by atoms with Crippen molar-refractivity contribution in [1.29, 1.82) is 0 Å². The number of nitrogens with zero attached hydrogens (tertiary/aromatic N) is 1. The minimum Gasteiger partial charge on any atom is -0.368 e. The molecular formula is C8H17NO4S. The van der Waals surface area contributed by atoms with E-state index in [4.69, 9.17) is 10.2 Å². The monoisotopic (exact) mass is 223 g/mol. The summed E-state index contributed by atoms with van der Waals surface area (Å²) in [6.07, 6.45) is 0.478. The third-order valence-corrected chi connectivity index (χ3v) is 4.04. The standard InChI is InChI=1S/C8H17NO4S/c1-3-7(8(10)11)6-4-9(5-6)14(2,12)13/h6-8,10-11H,3-5H2,1-2H3. The Morgan fingerprint density at radius 2 is 1.93 bits per heavy atom. The van der Waals surface area contributed by atoms with Gasteiger partial charge in [0.1, 0.15) is 0 Å². The summed E-state index contributed by atoms with van der Waals surface area (Å²) in [6.45, 7) is 2.69. The average Bonchev–Trinajstić information content (AvgIpc) is 1.91. The van der Waals surface area contributed by atoms with Crippen LogP contribution in [0, 0.1) is 11.8 Å². The van der Waals surface area contributed by atoms with Gasteiger partial charge in [-0.2, -0.15) is 0 Å². The van der Waals surface area contributed by atoms with E-state index in [0.29, 0.717) is 19.5 Å². The molecule has 0 amide bonds. The lowest BCUT2D eigenvalue weighted by Gasteiger charge is -2.42. The molecular weight excluding hydrogens is 206 g/mol. The molecule has 0 saturated carbocycles. The molecule has 0 radical (unpaired) electrons. The summed E-state index contributed by atoms with van der Waals surface area (Å²) in [5, 5.41) is 18.0. The van der Waals surface area contributed by atoms with Crippen LogP contribution in [-0.4, -0.2) is 48.6 Å². The second-order valence-electron chi connectivity index (χ2n) is 3.83. The maximum Gasteiger partial charge on any atom is 0.211 e. The van der Waals surface area contributed by atoms with Crippen molar-refractivity contribution in [2.75, 3.05) is 19.3 Å². The minimum absolute atomic E-state index is 0.0784. The summed E-state index contributed by atoms with van der Waals surface area (Å²) in [5.74, 6) is -0.136. The van der Waals surface area contributed by atoms with Crippen LogP contribution in [0.5, 0.6) is 0 Å². The van der Waals surface area contributed by atoms with Gasteiger partial charge in [0, 0.05) is 19.0 Å². The average molecular weight is 223 g/mol. The van der Waals surface area contributed by atoms with E-state index in [1.807, 2.05) is 6.92 Å². The van der Waals surface area contributed by atoms with Crippen molar-refractivity contribution in [3.63, 3.8) is 0 Å². The molecule has 2 N–H and O–H groups in total. The van der Waals surface area contributed by atoms with Crippen LogP contribution in [0.4, 0.5) is 0 Å². The van der Waals surface area contributed by atoms with Crippen LogP contribution < -0.4 is 0 Å². The highest BCUT2D eigenvalue weighted by molar-refractivity contribution is 7.88.